The standard InChI is InChI=1S/C21H25N3O2S.ClH/c1-15-14-17(21(26)24-10-12-27-13-11-24)6-8-19(15)23-20(25)9-7-16-4-2-3-5-18(16)22;/h2-6,8,14H,7,9-13,22H2,1H3,(H,23,25);1H. The molecule has 1 aliphatic rings. The molecule has 0 unspecified atom stereocenters. The molecule has 2 amide bonds. The predicted molar refractivity (Wildman–Crippen MR) is 119 cm³/mol. The minimum Gasteiger partial charge on any atom is -0.399 e. The van der Waals surface area contributed by atoms with E-state index in [-0.39, 0.29) is 24.2 Å². The molecule has 1 saturated heterocycles. The number of aryl methyl sites for hydroxylation is 2. The fourth-order valence-electron chi connectivity index (χ4n) is 3.11. The van der Waals surface area contributed by atoms with E-state index in [1.807, 2.05) is 60.0 Å². The fourth-order valence-corrected chi connectivity index (χ4v) is 4.01. The van der Waals surface area contributed by atoms with E-state index in [1.165, 1.54) is 0 Å². The SMILES string of the molecule is Cc1cc(C(=O)N2CCSCC2)ccc1NC(=O)CCc1ccccc1N.Cl. The van der Waals surface area contributed by atoms with Crippen molar-refractivity contribution < 1.29 is 9.59 Å². The lowest BCUT2D eigenvalue weighted by Gasteiger charge is -2.26. The number of nitrogens with zero attached hydrogens (tertiary/aromatic N) is 1. The maximum Gasteiger partial charge on any atom is 0.253 e. The number of para-hydroxylation sites is 1. The molecule has 28 heavy (non-hydrogen) atoms. The van der Waals surface area contributed by atoms with E-state index in [9.17, 15) is 9.59 Å². The maximum absolute atomic E-state index is 12.6. The third kappa shape index (κ3) is 5.66. The largest absolute Gasteiger partial charge is 0.399 e. The lowest BCUT2D eigenvalue weighted by molar-refractivity contribution is -0.116. The van der Waals surface area contributed by atoms with Crippen LogP contribution in [-0.4, -0.2) is 41.3 Å². The van der Waals surface area contributed by atoms with Crippen LogP contribution in [0.15, 0.2) is 42.5 Å². The van der Waals surface area contributed by atoms with Gasteiger partial charge in [0.1, 0.15) is 0 Å². The Bertz CT molecular complexity index is 838. The zero-order valence-corrected chi connectivity index (χ0v) is 17.6. The van der Waals surface area contributed by atoms with Crippen LogP contribution in [0.4, 0.5) is 11.4 Å². The summed E-state index contributed by atoms with van der Waals surface area (Å²) in [4.78, 5) is 26.8. The first kappa shape index (κ1) is 22.1. The minimum atomic E-state index is -0.0616. The highest BCUT2D eigenvalue weighted by atomic mass is 35.5. The number of halogens is 1. The van der Waals surface area contributed by atoms with Gasteiger partial charge in [-0.3, -0.25) is 9.59 Å². The number of carbonyl (C=O) groups is 2. The van der Waals surface area contributed by atoms with Gasteiger partial charge in [0, 0.05) is 48.0 Å². The first-order valence-electron chi connectivity index (χ1n) is 9.15. The van der Waals surface area contributed by atoms with Crippen LogP contribution in [0.25, 0.3) is 0 Å². The molecule has 1 fully saturated rings. The van der Waals surface area contributed by atoms with Crippen molar-refractivity contribution in [2.75, 3.05) is 35.6 Å². The van der Waals surface area contributed by atoms with E-state index in [2.05, 4.69) is 5.32 Å². The number of nitrogen functional groups attached to an aromatic ring is 1. The normalized spacial score (nSPS) is 13.5. The molecule has 2 aromatic carbocycles. The lowest BCUT2D eigenvalue weighted by Crippen LogP contribution is -2.37. The molecule has 0 aromatic heterocycles. The van der Waals surface area contributed by atoms with Crippen LogP contribution in [0.1, 0.15) is 27.9 Å². The second kappa shape index (κ2) is 10.4. The van der Waals surface area contributed by atoms with Crippen LogP contribution in [0.2, 0.25) is 0 Å². The minimum absolute atomic E-state index is 0. The van der Waals surface area contributed by atoms with Crippen LogP contribution < -0.4 is 11.1 Å². The quantitative estimate of drug-likeness (QED) is 0.723. The molecule has 3 rings (SSSR count). The molecule has 1 heterocycles. The van der Waals surface area contributed by atoms with Gasteiger partial charge in [-0.2, -0.15) is 11.8 Å². The zero-order valence-electron chi connectivity index (χ0n) is 15.9. The third-order valence-corrected chi connectivity index (χ3v) is 5.66. The molecule has 2 aromatic rings. The molecule has 0 atom stereocenters. The Morgan fingerprint density at radius 2 is 1.86 bits per heavy atom. The molecule has 0 bridgehead atoms. The molecular formula is C21H26ClN3O2S. The number of anilines is 2. The number of nitrogens with two attached hydrogens (primary N) is 1. The van der Waals surface area contributed by atoms with Crippen LogP contribution in [0.5, 0.6) is 0 Å². The van der Waals surface area contributed by atoms with E-state index in [0.29, 0.717) is 24.1 Å². The third-order valence-electron chi connectivity index (χ3n) is 4.72. The van der Waals surface area contributed by atoms with E-state index >= 15 is 0 Å². The van der Waals surface area contributed by atoms with Crippen molar-refractivity contribution in [2.24, 2.45) is 0 Å². The first-order chi connectivity index (χ1) is 13.0. The van der Waals surface area contributed by atoms with Gasteiger partial charge < -0.3 is 16.0 Å². The number of amides is 2. The van der Waals surface area contributed by atoms with Crippen molar-refractivity contribution >= 4 is 47.4 Å². The van der Waals surface area contributed by atoms with E-state index in [0.717, 1.165) is 41.4 Å². The molecular weight excluding hydrogens is 394 g/mol. The number of benzene rings is 2. The Morgan fingerprint density at radius 3 is 2.54 bits per heavy atom. The summed E-state index contributed by atoms with van der Waals surface area (Å²) in [6.07, 6.45) is 0.959. The summed E-state index contributed by atoms with van der Waals surface area (Å²) in [5, 5.41) is 2.94. The summed E-state index contributed by atoms with van der Waals surface area (Å²) >= 11 is 1.88. The average molecular weight is 420 g/mol. The highest BCUT2D eigenvalue weighted by molar-refractivity contribution is 7.99. The van der Waals surface area contributed by atoms with Crippen molar-refractivity contribution in [2.45, 2.75) is 19.8 Å². The monoisotopic (exact) mass is 419 g/mol. The predicted octanol–water partition coefficient (Wildman–Crippen LogP) is 3.76. The smallest absolute Gasteiger partial charge is 0.253 e. The summed E-state index contributed by atoms with van der Waals surface area (Å²) in [6.45, 7) is 3.50. The maximum atomic E-state index is 12.6. The summed E-state index contributed by atoms with van der Waals surface area (Å²) < 4.78 is 0. The van der Waals surface area contributed by atoms with Crippen molar-refractivity contribution in [1.29, 1.82) is 0 Å². The summed E-state index contributed by atoms with van der Waals surface area (Å²) in [6, 6.07) is 13.0. The van der Waals surface area contributed by atoms with Crippen LogP contribution in [-0.2, 0) is 11.2 Å². The van der Waals surface area contributed by atoms with Gasteiger partial charge in [0.25, 0.3) is 5.91 Å². The van der Waals surface area contributed by atoms with Crippen molar-refractivity contribution in [1.82, 2.24) is 4.90 Å². The van der Waals surface area contributed by atoms with Gasteiger partial charge in [0.15, 0.2) is 0 Å². The Kier molecular flexibility index (Phi) is 8.20. The van der Waals surface area contributed by atoms with Gasteiger partial charge in [-0.25, -0.2) is 0 Å². The second-order valence-corrected chi connectivity index (χ2v) is 7.91. The second-order valence-electron chi connectivity index (χ2n) is 6.68. The molecule has 0 radical (unpaired) electrons. The topological polar surface area (TPSA) is 75.4 Å². The summed E-state index contributed by atoms with van der Waals surface area (Å²) in [7, 11) is 0. The molecule has 0 spiro atoms. The first-order valence-corrected chi connectivity index (χ1v) is 10.3. The number of hydrogen-bond acceptors (Lipinski definition) is 4. The van der Waals surface area contributed by atoms with Gasteiger partial charge in [0.2, 0.25) is 5.91 Å². The highest BCUT2D eigenvalue weighted by Crippen LogP contribution is 2.20. The molecule has 0 saturated carbocycles. The van der Waals surface area contributed by atoms with Gasteiger partial charge in [-0.15, -0.1) is 12.4 Å². The Morgan fingerprint density at radius 1 is 1.14 bits per heavy atom. The van der Waals surface area contributed by atoms with E-state index in [1.54, 1.807) is 6.07 Å². The van der Waals surface area contributed by atoms with Crippen molar-refractivity contribution in [3.05, 3.63) is 59.2 Å². The van der Waals surface area contributed by atoms with E-state index in [4.69, 9.17) is 5.73 Å². The number of hydrogen-bond donors (Lipinski definition) is 2. The number of thioether (sulfide) groups is 1. The molecule has 7 heteroatoms. The van der Waals surface area contributed by atoms with Crippen LogP contribution in [0, 0.1) is 6.92 Å². The summed E-state index contributed by atoms with van der Waals surface area (Å²) in [5.74, 6) is 1.99. The number of nitrogens with one attached hydrogen (secondary N) is 1. The van der Waals surface area contributed by atoms with Crippen LogP contribution in [0.3, 0.4) is 0 Å². The van der Waals surface area contributed by atoms with Crippen molar-refractivity contribution in [3.8, 4) is 0 Å². The molecule has 5 nitrogen and oxygen atoms in total. The average Bonchev–Trinajstić information content (AvgIpc) is 2.69. The van der Waals surface area contributed by atoms with Gasteiger partial charge in [-0.05, 0) is 48.7 Å². The van der Waals surface area contributed by atoms with E-state index < -0.39 is 0 Å². The van der Waals surface area contributed by atoms with Gasteiger partial charge in [-0.1, -0.05) is 18.2 Å². The fraction of sp³-hybridized carbons (Fsp3) is 0.333. The van der Waals surface area contributed by atoms with Crippen molar-refractivity contribution in [3.63, 3.8) is 0 Å². The number of carbonyl (C=O) groups excluding carboxylic acids is 2. The molecule has 150 valence electrons. The summed E-state index contributed by atoms with van der Waals surface area (Å²) in [5.41, 5.74) is 9.91. The van der Waals surface area contributed by atoms with Crippen LogP contribution >= 0.6 is 24.2 Å². The molecule has 1 aliphatic heterocycles. The molecule has 0 aliphatic carbocycles. The molecule has 3 N–H and O–H groups in total. The highest BCUT2D eigenvalue weighted by Gasteiger charge is 2.19. The Balaban J connectivity index is 0.00000280. The lowest BCUT2D eigenvalue weighted by atomic mass is 10.1. The number of rotatable bonds is 5. The Hall–Kier alpha value is -2.18. The zero-order chi connectivity index (χ0) is 19.2. The Labute approximate surface area is 176 Å². The van der Waals surface area contributed by atoms with Gasteiger partial charge >= 0.3 is 0 Å². The van der Waals surface area contributed by atoms with Gasteiger partial charge in [0.05, 0.1) is 0 Å².